The minimum Gasteiger partial charge on any atom is -0.376 e. The Hall–Kier alpha value is -1.32. The lowest BCUT2D eigenvalue weighted by Crippen LogP contribution is -2.11. The summed E-state index contributed by atoms with van der Waals surface area (Å²) in [5.74, 6) is 0. The molecule has 1 N–H and O–H groups in total. The zero-order chi connectivity index (χ0) is 13.1. The molecule has 1 aromatic carbocycles. The Morgan fingerprint density at radius 1 is 1.17 bits per heavy atom. The van der Waals surface area contributed by atoms with E-state index < -0.39 is 0 Å². The van der Waals surface area contributed by atoms with Crippen LogP contribution in [-0.4, -0.2) is 9.97 Å². The summed E-state index contributed by atoms with van der Waals surface area (Å²) in [6, 6.07) is 5.51. The van der Waals surface area contributed by atoms with Gasteiger partial charge in [-0.2, -0.15) is 0 Å². The number of aromatic nitrogens is 2. The Balaban J connectivity index is 2.24. The van der Waals surface area contributed by atoms with E-state index in [9.17, 15) is 0 Å². The molecule has 0 radical (unpaired) electrons. The molecular weight excluding hydrogens is 269 g/mol. The van der Waals surface area contributed by atoms with E-state index in [0.29, 0.717) is 10.0 Å². The van der Waals surface area contributed by atoms with Crippen molar-refractivity contribution in [2.45, 2.75) is 19.9 Å². The van der Waals surface area contributed by atoms with Crippen LogP contribution in [0.1, 0.15) is 24.4 Å². The second-order valence-electron chi connectivity index (χ2n) is 3.99. The Labute approximate surface area is 116 Å². The highest BCUT2D eigenvalue weighted by Crippen LogP contribution is 2.31. The van der Waals surface area contributed by atoms with Gasteiger partial charge in [0.2, 0.25) is 0 Å². The van der Waals surface area contributed by atoms with Crippen LogP contribution in [0.2, 0.25) is 10.0 Å². The maximum Gasteiger partial charge on any atom is 0.0835 e. The summed E-state index contributed by atoms with van der Waals surface area (Å²) >= 11 is 12.1. The van der Waals surface area contributed by atoms with Crippen molar-refractivity contribution in [3.8, 4) is 0 Å². The van der Waals surface area contributed by atoms with Crippen molar-refractivity contribution in [2.75, 3.05) is 5.32 Å². The van der Waals surface area contributed by atoms with E-state index in [1.165, 1.54) is 0 Å². The van der Waals surface area contributed by atoms with Gasteiger partial charge in [0.15, 0.2) is 0 Å². The molecule has 0 bridgehead atoms. The Kier molecular flexibility index (Phi) is 4.04. The monoisotopic (exact) mass is 281 g/mol. The van der Waals surface area contributed by atoms with Crippen LogP contribution < -0.4 is 5.32 Å². The number of benzene rings is 1. The first kappa shape index (κ1) is 13.1. The fourth-order valence-electron chi connectivity index (χ4n) is 1.76. The molecule has 3 nitrogen and oxygen atoms in total. The van der Waals surface area contributed by atoms with E-state index >= 15 is 0 Å². The molecule has 1 heterocycles. The van der Waals surface area contributed by atoms with E-state index in [4.69, 9.17) is 23.2 Å². The zero-order valence-corrected chi connectivity index (χ0v) is 11.6. The molecule has 0 fully saturated rings. The highest BCUT2D eigenvalue weighted by Gasteiger charge is 2.12. The topological polar surface area (TPSA) is 37.8 Å². The second-order valence-corrected chi connectivity index (χ2v) is 4.78. The summed E-state index contributed by atoms with van der Waals surface area (Å²) in [4.78, 5) is 8.55. The fraction of sp³-hybridized carbons (Fsp3) is 0.231. The van der Waals surface area contributed by atoms with Crippen LogP contribution in [0.25, 0.3) is 0 Å². The first-order chi connectivity index (χ1) is 8.59. The van der Waals surface area contributed by atoms with Crippen molar-refractivity contribution >= 4 is 28.9 Å². The standard InChI is InChI=1S/C13H13Cl2N3/c1-8-13(17-7-6-16-8)9(2)18-11-5-3-4-10(14)12(11)15/h3-7,9,18H,1-2H3. The average Bonchev–Trinajstić information content (AvgIpc) is 2.35. The minimum absolute atomic E-state index is 0.00895. The molecule has 0 saturated heterocycles. The molecule has 94 valence electrons. The van der Waals surface area contributed by atoms with Crippen LogP contribution in [0.15, 0.2) is 30.6 Å². The third-order valence-corrected chi connectivity index (χ3v) is 3.47. The Bertz CT molecular complexity index is 558. The lowest BCUT2D eigenvalue weighted by Gasteiger charge is -2.17. The Morgan fingerprint density at radius 3 is 2.61 bits per heavy atom. The number of nitrogens with zero attached hydrogens (tertiary/aromatic N) is 2. The number of nitrogens with one attached hydrogen (secondary N) is 1. The molecule has 0 aliphatic heterocycles. The molecule has 0 saturated carbocycles. The number of anilines is 1. The minimum atomic E-state index is 0.00895. The van der Waals surface area contributed by atoms with E-state index in [1.807, 2.05) is 26.0 Å². The smallest absolute Gasteiger partial charge is 0.0835 e. The molecule has 18 heavy (non-hydrogen) atoms. The van der Waals surface area contributed by atoms with Crippen molar-refractivity contribution in [3.05, 3.63) is 52.0 Å². The molecular formula is C13H13Cl2N3. The summed E-state index contributed by atoms with van der Waals surface area (Å²) in [5, 5.41) is 4.34. The summed E-state index contributed by atoms with van der Waals surface area (Å²) in [6.07, 6.45) is 3.36. The van der Waals surface area contributed by atoms with Gasteiger partial charge in [-0.3, -0.25) is 9.97 Å². The van der Waals surface area contributed by atoms with Crippen molar-refractivity contribution in [3.63, 3.8) is 0 Å². The number of hydrogen-bond donors (Lipinski definition) is 1. The molecule has 2 rings (SSSR count). The molecule has 2 aromatic rings. The van der Waals surface area contributed by atoms with Gasteiger partial charge in [0.25, 0.3) is 0 Å². The Morgan fingerprint density at radius 2 is 1.89 bits per heavy atom. The third kappa shape index (κ3) is 2.74. The highest BCUT2D eigenvalue weighted by molar-refractivity contribution is 6.43. The number of rotatable bonds is 3. The summed E-state index contributed by atoms with van der Waals surface area (Å²) < 4.78 is 0. The number of halogens is 2. The predicted octanol–water partition coefficient (Wildman–Crippen LogP) is 4.26. The lowest BCUT2D eigenvalue weighted by molar-refractivity contribution is 0.810. The molecule has 0 aliphatic rings. The van der Waals surface area contributed by atoms with Crippen LogP contribution in [0.5, 0.6) is 0 Å². The van der Waals surface area contributed by atoms with Gasteiger partial charge < -0.3 is 5.32 Å². The maximum atomic E-state index is 6.13. The van der Waals surface area contributed by atoms with E-state index in [1.54, 1.807) is 18.5 Å². The average molecular weight is 282 g/mol. The number of aryl methyl sites for hydroxylation is 1. The quantitative estimate of drug-likeness (QED) is 0.913. The SMILES string of the molecule is Cc1nccnc1C(C)Nc1cccc(Cl)c1Cl. The first-order valence-corrected chi connectivity index (χ1v) is 6.33. The van der Waals surface area contributed by atoms with Crippen LogP contribution in [0, 0.1) is 6.92 Å². The summed E-state index contributed by atoms with van der Waals surface area (Å²) in [6.45, 7) is 3.94. The number of hydrogen-bond acceptors (Lipinski definition) is 3. The van der Waals surface area contributed by atoms with E-state index in [0.717, 1.165) is 17.1 Å². The first-order valence-electron chi connectivity index (χ1n) is 5.57. The van der Waals surface area contributed by atoms with Gasteiger partial charge in [-0.25, -0.2) is 0 Å². The van der Waals surface area contributed by atoms with E-state index in [-0.39, 0.29) is 6.04 Å². The summed E-state index contributed by atoms with van der Waals surface area (Å²) in [5.41, 5.74) is 2.59. The molecule has 0 aliphatic carbocycles. The predicted molar refractivity (Wildman–Crippen MR) is 75.3 cm³/mol. The van der Waals surface area contributed by atoms with Crippen LogP contribution in [0.3, 0.4) is 0 Å². The van der Waals surface area contributed by atoms with Gasteiger partial charge in [-0.05, 0) is 26.0 Å². The second kappa shape index (κ2) is 5.55. The maximum absolute atomic E-state index is 6.13. The zero-order valence-electron chi connectivity index (χ0n) is 10.1. The third-order valence-electron chi connectivity index (χ3n) is 2.65. The van der Waals surface area contributed by atoms with Gasteiger partial charge in [0.1, 0.15) is 0 Å². The van der Waals surface area contributed by atoms with Crippen molar-refractivity contribution in [1.82, 2.24) is 9.97 Å². The molecule has 5 heteroatoms. The van der Waals surface area contributed by atoms with Gasteiger partial charge in [-0.15, -0.1) is 0 Å². The van der Waals surface area contributed by atoms with E-state index in [2.05, 4.69) is 15.3 Å². The molecule has 1 aromatic heterocycles. The molecule has 0 amide bonds. The van der Waals surface area contributed by atoms with Crippen LogP contribution in [-0.2, 0) is 0 Å². The van der Waals surface area contributed by atoms with Gasteiger partial charge in [0, 0.05) is 12.4 Å². The van der Waals surface area contributed by atoms with Crippen molar-refractivity contribution in [1.29, 1.82) is 0 Å². The van der Waals surface area contributed by atoms with Crippen LogP contribution in [0.4, 0.5) is 5.69 Å². The van der Waals surface area contributed by atoms with Gasteiger partial charge in [-0.1, -0.05) is 29.3 Å². The van der Waals surface area contributed by atoms with Crippen molar-refractivity contribution in [2.24, 2.45) is 0 Å². The molecule has 1 atom stereocenters. The van der Waals surface area contributed by atoms with Crippen LogP contribution >= 0.6 is 23.2 Å². The highest BCUT2D eigenvalue weighted by atomic mass is 35.5. The lowest BCUT2D eigenvalue weighted by atomic mass is 10.1. The largest absolute Gasteiger partial charge is 0.376 e. The summed E-state index contributed by atoms with van der Waals surface area (Å²) in [7, 11) is 0. The molecule has 0 spiro atoms. The van der Waals surface area contributed by atoms with Crippen molar-refractivity contribution < 1.29 is 0 Å². The fourth-order valence-corrected chi connectivity index (χ4v) is 2.12. The van der Waals surface area contributed by atoms with Gasteiger partial charge in [0.05, 0.1) is 33.2 Å². The normalized spacial score (nSPS) is 12.2. The molecule has 1 unspecified atom stereocenters. The van der Waals surface area contributed by atoms with Gasteiger partial charge >= 0.3 is 0 Å².